The van der Waals surface area contributed by atoms with Gasteiger partial charge in [0.25, 0.3) is 11.8 Å². The summed E-state index contributed by atoms with van der Waals surface area (Å²) < 4.78 is 15.9. The smallest absolute Gasteiger partial charge is 0.263 e. The molecule has 20 heavy (non-hydrogen) atoms. The minimum absolute atomic E-state index is 0.0327. The average Bonchev–Trinajstić information content (AvgIpc) is 2.83. The molecule has 7 heteroatoms. The Morgan fingerprint density at radius 2 is 2.40 bits per heavy atom. The van der Waals surface area contributed by atoms with E-state index in [1.54, 1.807) is 18.1 Å². The number of likely N-dealkylation sites (tertiary alicyclic amines) is 1. The van der Waals surface area contributed by atoms with E-state index in [2.05, 4.69) is 10.1 Å². The maximum Gasteiger partial charge on any atom is 0.263 e. The molecule has 7 nitrogen and oxygen atoms in total. The van der Waals surface area contributed by atoms with E-state index in [0.717, 1.165) is 12.8 Å². The fourth-order valence-electron chi connectivity index (χ4n) is 2.23. The first-order chi connectivity index (χ1) is 9.72. The van der Waals surface area contributed by atoms with Crippen LogP contribution < -0.4 is 0 Å². The van der Waals surface area contributed by atoms with Crippen molar-refractivity contribution in [3.8, 4) is 0 Å². The molecule has 108 valence electrons. The van der Waals surface area contributed by atoms with E-state index in [1.807, 2.05) is 6.08 Å². The van der Waals surface area contributed by atoms with Crippen LogP contribution in [-0.2, 0) is 20.9 Å². The molecule has 3 rings (SSSR count). The lowest BCUT2D eigenvalue weighted by molar-refractivity contribution is -0.156. The summed E-state index contributed by atoms with van der Waals surface area (Å²) in [6.07, 6.45) is 4.87. The summed E-state index contributed by atoms with van der Waals surface area (Å²) in [7, 11) is 0. The molecule has 2 aliphatic rings. The summed E-state index contributed by atoms with van der Waals surface area (Å²) in [6, 6.07) is 0. The van der Waals surface area contributed by atoms with Crippen LogP contribution >= 0.6 is 0 Å². The number of carbonyl (C=O) groups is 1. The Labute approximate surface area is 116 Å². The summed E-state index contributed by atoms with van der Waals surface area (Å²) in [5.74, 6) is 1.10. The first-order valence-corrected chi connectivity index (χ1v) is 6.72. The molecule has 0 saturated carbocycles. The fraction of sp³-hybridized carbons (Fsp3) is 0.615. The quantitative estimate of drug-likeness (QED) is 0.811. The van der Waals surface area contributed by atoms with Gasteiger partial charge in [0, 0.05) is 13.1 Å². The van der Waals surface area contributed by atoms with E-state index in [9.17, 15) is 4.79 Å². The topological polar surface area (TPSA) is 77.7 Å². The molecule has 0 aliphatic carbocycles. The van der Waals surface area contributed by atoms with E-state index in [4.69, 9.17) is 14.0 Å². The molecule has 0 bridgehead atoms. The van der Waals surface area contributed by atoms with Crippen LogP contribution in [0, 0.1) is 6.92 Å². The highest BCUT2D eigenvalue weighted by Gasteiger charge is 2.36. The zero-order valence-corrected chi connectivity index (χ0v) is 11.3. The van der Waals surface area contributed by atoms with Crippen molar-refractivity contribution in [2.75, 3.05) is 13.1 Å². The standard InChI is InChI=1S/C13H17N3O4/c1-9-14-12(20-15-9)8-19-10-6-16(7-10)13(17)11-4-2-3-5-18-11/h3,5,10-11H,2,4,6-8H2,1H3. The lowest BCUT2D eigenvalue weighted by Crippen LogP contribution is -2.57. The third kappa shape index (κ3) is 2.82. The molecule has 0 N–H and O–H groups in total. The van der Waals surface area contributed by atoms with Gasteiger partial charge in [-0.25, -0.2) is 0 Å². The summed E-state index contributed by atoms with van der Waals surface area (Å²) in [4.78, 5) is 17.9. The van der Waals surface area contributed by atoms with E-state index >= 15 is 0 Å². The number of nitrogens with zero attached hydrogens (tertiary/aromatic N) is 3. The van der Waals surface area contributed by atoms with E-state index in [-0.39, 0.29) is 24.7 Å². The lowest BCUT2D eigenvalue weighted by atomic mass is 10.1. The van der Waals surface area contributed by atoms with Gasteiger partial charge in [-0.1, -0.05) is 5.16 Å². The molecule has 2 aliphatic heterocycles. The summed E-state index contributed by atoms with van der Waals surface area (Å²) in [5.41, 5.74) is 0. The minimum atomic E-state index is -0.334. The highest BCUT2D eigenvalue weighted by atomic mass is 16.5. The predicted octanol–water partition coefficient (Wildman–Crippen LogP) is 0.798. The number of allylic oxidation sites excluding steroid dienone is 1. The Balaban J connectivity index is 1.40. The van der Waals surface area contributed by atoms with Crippen LogP contribution in [0.1, 0.15) is 24.6 Å². The summed E-state index contributed by atoms with van der Waals surface area (Å²) >= 11 is 0. The molecule has 1 saturated heterocycles. The van der Waals surface area contributed by atoms with Crippen LogP contribution in [0.5, 0.6) is 0 Å². The first kappa shape index (κ1) is 13.1. The largest absolute Gasteiger partial charge is 0.489 e. The molecular weight excluding hydrogens is 262 g/mol. The molecule has 0 spiro atoms. The maximum absolute atomic E-state index is 12.1. The third-order valence-electron chi connectivity index (χ3n) is 3.38. The summed E-state index contributed by atoms with van der Waals surface area (Å²) in [5, 5.41) is 3.69. The summed E-state index contributed by atoms with van der Waals surface area (Å²) in [6.45, 7) is 3.23. The van der Waals surface area contributed by atoms with Gasteiger partial charge in [0.2, 0.25) is 0 Å². The van der Waals surface area contributed by atoms with Gasteiger partial charge in [0.1, 0.15) is 6.61 Å². The fourth-order valence-corrected chi connectivity index (χ4v) is 2.23. The molecular formula is C13H17N3O4. The number of amides is 1. The van der Waals surface area contributed by atoms with Crippen molar-refractivity contribution in [3.63, 3.8) is 0 Å². The van der Waals surface area contributed by atoms with E-state index < -0.39 is 0 Å². The average molecular weight is 279 g/mol. The van der Waals surface area contributed by atoms with Crippen LogP contribution in [0.3, 0.4) is 0 Å². The SMILES string of the molecule is Cc1noc(COC2CN(C(=O)C3CCC=CO3)C2)n1. The minimum Gasteiger partial charge on any atom is -0.489 e. The van der Waals surface area contributed by atoms with Crippen molar-refractivity contribution in [1.82, 2.24) is 15.0 Å². The number of aryl methyl sites for hydroxylation is 1. The Bertz CT molecular complexity index is 507. The molecule has 1 aromatic heterocycles. The van der Waals surface area contributed by atoms with Crippen LogP contribution in [-0.4, -0.2) is 46.2 Å². The van der Waals surface area contributed by atoms with Gasteiger partial charge in [-0.2, -0.15) is 4.98 Å². The van der Waals surface area contributed by atoms with E-state index in [1.165, 1.54) is 0 Å². The normalized spacial score (nSPS) is 22.4. The zero-order chi connectivity index (χ0) is 13.9. The van der Waals surface area contributed by atoms with Gasteiger partial charge in [0.15, 0.2) is 11.9 Å². The molecule has 0 radical (unpaired) electrons. The molecule has 1 fully saturated rings. The molecule has 1 amide bonds. The highest BCUT2D eigenvalue weighted by Crippen LogP contribution is 2.19. The second-order valence-corrected chi connectivity index (χ2v) is 4.99. The highest BCUT2D eigenvalue weighted by molar-refractivity contribution is 5.82. The zero-order valence-electron chi connectivity index (χ0n) is 11.3. The van der Waals surface area contributed by atoms with Gasteiger partial charge < -0.3 is 18.9 Å². The predicted molar refractivity (Wildman–Crippen MR) is 67.4 cm³/mol. The number of rotatable bonds is 4. The maximum atomic E-state index is 12.1. The Morgan fingerprint density at radius 3 is 3.05 bits per heavy atom. The van der Waals surface area contributed by atoms with Crippen molar-refractivity contribution in [3.05, 3.63) is 24.1 Å². The second kappa shape index (κ2) is 5.62. The van der Waals surface area contributed by atoms with Crippen LogP contribution in [0.4, 0.5) is 0 Å². The van der Waals surface area contributed by atoms with Crippen molar-refractivity contribution >= 4 is 5.91 Å². The van der Waals surface area contributed by atoms with Crippen molar-refractivity contribution < 1.29 is 18.8 Å². The van der Waals surface area contributed by atoms with Crippen molar-refractivity contribution in [2.45, 2.75) is 38.6 Å². The van der Waals surface area contributed by atoms with E-state index in [0.29, 0.717) is 24.8 Å². The Kier molecular flexibility index (Phi) is 3.68. The van der Waals surface area contributed by atoms with Gasteiger partial charge in [0.05, 0.1) is 12.4 Å². The molecule has 3 heterocycles. The van der Waals surface area contributed by atoms with Crippen LogP contribution in [0.2, 0.25) is 0 Å². The first-order valence-electron chi connectivity index (χ1n) is 6.72. The van der Waals surface area contributed by atoms with Gasteiger partial charge in [-0.3, -0.25) is 4.79 Å². The Morgan fingerprint density at radius 1 is 1.55 bits per heavy atom. The monoisotopic (exact) mass is 279 g/mol. The number of carbonyl (C=O) groups excluding carboxylic acids is 1. The second-order valence-electron chi connectivity index (χ2n) is 4.99. The van der Waals surface area contributed by atoms with Gasteiger partial charge in [-0.15, -0.1) is 0 Å². The molecule has 0 aromatic carbocycles. The van der Waals surface area contributed by atoms with Crippen LogP contribution in [0.15, 0.2) is 16.9 Å². The third-order valence-corrected chi connectivity index (χ3v) is 3.38. The van der Waals surface area contributed by atoms with Gasteiger partial charge in [-0.05, 0) is 25.8 Å². The number of hydrogen-bond donors (Lipinski definition) is 0. The van der Waals surface area contributed by atoms with Gasteiger partial charge >= 0.3 is 0 Å². The number of aromatic nitrogens is 2. The Hall–Kier alpha value is -1.89. The molecule has 1 aromatic rings. The number of ether oxygens (including phenoxy) is 2. The van der Waals surface area contributed by atoms with Crippen molar-refractivity contribution in [2.24, 2.45) is 0 Å². The lowest BCUT2D eigenvalue weighted by Gasteiger charge is -2.40. The van der Waals surface area contributed by atoms with Crippen molar-refractivity contribution in [1.29, 1.82) is 0 Å². The molecule has 1 unspecified atom stereocenters. The van der Waals surface area contributed by atoms with Crippen LogP contribution in [0.25, 0.3) is 0 Å². The number of hydrogen-bond acceptors (Lipinski definition) is 6. The molecule has 1 atom stereocenters.